The maximum absolute atomic E-state index is 5.93. The molecular formula is C18H17ClN2O2. The standard InChI is InChI=1S/C18H17ClN2O2/c1-13-11-14(19)7-8-17(13)22-9-4-10-23-18-15-5-2-3-6-16(15)20-12-21-18/h2-3,5-8,11-12H,4,9-10H2,1H3. The second-order valence-electron chi connectivity index (χ2n) is 5.16. The van der Waals surface area contributed by atoms with Gasteiger partial charge in [0, 0.05) is 11.4 Å². The number of aryl methyl sites for hydroxylation is 1. The van der Waals surface area contributed by atoms with E-state index in [1.165, 1.54) is 6.33 Å². The van der Waals surface area contributed by atoms with Crippen LogP contribution in [0.2, 0.25) is 5.02 Å². The van der Waals surface area contributed by atoms with E-state index in [9.17, 15) is 0 Å². The minimum Gasteiger partial charge on any atom is -0.493 e. The molecule has 1 heterocycles. The van der Waals surface area contributed by atoms with Gasteiger partial charge < -0.3 is 9.47 Å². The number of fused-ring (bicyclic) bond motifs is 1. The topological polar surface area (TPSA) is 44.2 Å². The molecule has 0 atom stereocenters. The molecule has 0 aliphatic rings. The van der Waals surface area contributed by atoms with E-state index in [4.69, 9.17) is 21.1 Å². The van der Waals surface area contributed by atoms with Crippen LogP contribution in [0.25, 0.3) is 10.9 Å². The van der Waals surface area contributed by atoms with Gasteiger partial charge in [-0.05, 0) is 42.8 Å². The van der Waals surface area contributed by atoms with E-state index in [0.717, 1.165) is 28.6 Å². The Morgan fingerprint density at radius 3 is 2.70 bits per heavy atom. The third-order valence-electron chi connectivity index (χ3n) is 3.43. The summed E-state index contributed by atoms with van der Waals surface area (Å²) in [6.45, 7) is 3.09. The molecule has 0 N–H and O–H groups in total. The fourth-order valence-corrected chi connectivity index (χ4v) is 2.51. The van der Waals surface area contributed by atoms with Gasteiger partial charge in [-0.25, -0.2) is 9.97 Å². The van der Waals surface area contributed by atoms with Gasteiger partial charge in [0.1, 0.15) is 12.1 Å². The van der Waals surface area contributed by atoms with Crippen molar-refractivity contribution >= 4 is 22.5 Å². The second-order valence-corrected chi connectivity index (χ2v) is 5.59. The molecule has 0 spiro atoms. The van der Waals surface area contributed by atoms with Crippen LogP contribution in [0.5, 0.6) is 11.6 Å². The molecule has 3 aromatic rings. The first kappa shape index (κ1) is 15.6. The summed E-state index contributed by atoms with van der Waals surface area (Å²) in [5.41, 5.74) is 1.91. The Labute approximate surface area is 140 Å². The Hall–Kier alpha value is -2.33. The van der Waals surface area contributed by atoms with Crippen LogP contribution >= 0.6 is 11.6 Å². The molecule has 0 unspecified atom stereocenters. The molecule has 0 bridgehead atoms. The lowest BCUT2D eigenvalue weighted by Gasteiger charge is -2.10. The van der Waals surface area contributed by atoms with Crippen LogP contribution in [0.3, 0.4) is 0 Å². The zero-order chi connectivity index (χ0) is 16.1. The third-order valence-corrected chi connectivity index (χ3v) is 3.66. The van der Waals surface area contributed by atoms with Crippen molar-refractivity contribution < 1.29 is 9.47 Å². The maximum Gasteiger partial charge on any atom is 0.224 e. The lowest BCUT2D eigenvalue weighted by molar-refractivity contribution is 0.243. The number of para-hydroxylation sites is 1. The van der Waals surface area contributed by atoms with Crippen LogP contribution < -0.4 is 9.47 Å². The minimum atomic E-state index is 0.535. The monoisotopic (exact) mass is 328 g/mol. The van der Waals surface area contributed by atoms with E-state index in [1.807, 2.05) is 49.4 Å². The summed E-state index contributed by atoms with van der Waals surface area (Å²) in [7, 11) is 0. The Balaban J connectivity index is 1.51. The Morgan fingerprint density at radius 2 is 1.83 bits per heavy atom. The fraction of sp³-hybridized carbons (Fsp3) is 0.222. The number of benzene rings is 2. The molecule has 0 aliphatic heterocycles. The van der Waals surface area contributed by atoms with Crippen LogP contribution in [0.4, 0.5) is 0 Å². The van der Waals surface area contributed by atoms with E-state index in [1.54, 1.807) is 0 Å². The lowest BCUT2D eigenvalue weighted by Crippen LogP contribution is -2.06. The average molecular weight is 329 g/mol. The van der Waals surface area contributed by atoms with Crippen molar-refractivity contribution in [2.75, 3.05) is 13.2 Å². The first-order valence-corrected chi connectivity index (χ1v) is 7.83. The van der Waals surface area contributed by atoms with Crippen LogP contribution in [0, 0.1) is 6.92 Å². The molecule has 1 aromatic heterocycles. The Bertz CT molecular complexity index is 803. The van der Waals surface area contributed by atoms with E-state index in [2.05, 4.69) is 9.97 Å². The highest BCUT2D eigenvalue weighted by atomic mass is 35.5. The number of nitrogens with zero attached hydrogens (tertiary/aromatic N) is 2. The molecule has 118 valence electrons. The van der Waals surface area contributed by atoms with Crippen molar-refractivity contribution in [3.8, 4) is 11.6 Å². The van der Waals surface area contributed by atoms with Crippen LogP contribution in [-0.2, 0) is 0 Å². The van der Waals surface area contributed by atoms with Crippen molar-refractivity contribution in [1.29, 1.82) is 0 Å². The molecular weight excluding hydrogens is 312 g/mol. The molecule has 0 aliphatic carbocycles. The van der Waals surface area contributed by atoms with Crippen molar-refractivity contribution in [2.45, 2.75) is 13.3 Å². The van der Waals surface area contributed by atoms with Gasteiger partial charge in [-0.2, -0.15) is 0 Å². The van der Waals surface area contributed by atoms with Gasteiger partial charge in [0.25, 0.3) is 0 Å². The number of ether oxygens (including phenoxy) is 2. The zero-order valence-corrected chi connectivity index (χ0v) is 13.6. The number of hydrogen-bond donors (Lipinski definition) is 0. The van der Waals surface area contributed by atoms with Crippen LogP contribution in [0.15, 0.2) is 48.8 Å². The molecule has 0 fully saturated rings. The molecule has 23 heavy (non-hydrogen) atoms. The van der Waals surface area contributed by atoms with E-state index in [-0.39, 0.29) is 0 Å². The Morgan fingerprint density at radius 1 is 1.00 bits per heavy atom. The SMILES string of the molecule is Cc1cc(Cl)ccc1OCCCOc1ncnc2ccccc12. The highest BCUT2D eigenvalue weighted by Crippen LogP contribution is 2.22. The molecule has 5 heteroatoms. The summed E-state index contributed by atoms with van der Waals surface area (Å²) in [5.74, 6) is 1.46. The minimum absolute atomic E-state index is 0.535. The fourth-order valence-electron chi connectivity index (χ4n) is 2.28. The van der Waals surface area contributed by atoms with Gasteiger partial charge in [0.05, 0.1) is 24.1 Å². The highest BCUT2D eigenvalue weighted by Gasteiger charge is 2.04. The first-order valence-electron chi connectivity index (χ1n) is 7.45. The van der Waals surface area contributed by atoms with Gasteiger partial charge in [-0.3, -0.25) is 0 Å². The largest absolute Gasteiger partial charge is 0.493 e. The summed E-state index contributed by atoms with van der Waals surface area (Å²) in [6.07, 6.45) is 2.28. The second kappa shape index (κ2) is 7.29. The quantitative estimate of drug-likeness (QED) is 0.627. The number of halogens is 1. The van der Waals surface area contributed by atoms with Gasteiger partial charge in [-0.1, -0.05) is 23.7 Å². The highest BCUT2D eigenvalue weighted by molar-refractivity contribution is 6.30. The molecule has 4 nitrogen and oxygen atoms in total. The van der Waals surface area contributed by atoms with Crippen molar-refractivity contribution in [3.05, 3.63) is 59.4 Å². The predicted molar refractivity (Wildman–Crippen MR) is 91.3 cm³/mol. The van der Waals surface area contributed by atoms with Crippen molar-refractivity contribution in [2.24, 2.45) is 0 Å². The summed E-state index contributed by atoms with van der Waals surface area (Å²) >= 11 is 5.93. The molecule has 0 saturated carbocycles. The number of hydrogen-bond acceptors (Lipinski definition) is 4. The molecule has 3 rings (SSSR count). The molecule has 0 amide bonds. The average Bonchev–Trinajstić information content (AvgIpc) is 2.56. The number of aromatic nitrogens is 2. The lowest BCUT2D eigenvalue weighted by atomic mass is 10.2. The van der Waals surface area contributed by atoms with Crippen molar-refractivity contribution in [1.82, 2.24) is 9.97 Å². The van der Waals surface area contributed by atoms with E-state index in [0.29, 0.717) is 24.1 Å². The molecule has 2 aromatic carbocycles. The van der Waals surface area contributed by atoms with Crippen molar-refractivity contribution in [3.63, 3.8) is 0 Å². The van der Waals surface area contributed by atoms with E-state index >= 15 is 0 Å². The normalized spacial score (nSPS) is 10.7. The summed E-state index contributed by atoms with van der Waals surface area (Å²) in [6, 6.07) is 13.4. The smallest absolute Gasteiger partial charge is 0.224 e. The maximum atomic E-state index is 5.93. The Kier molecular flexibility index (Phi) is 4.93. The predicted octanol–water partition coefficient (Wildman–Crippen LogP) is 4.44. The molecule has 0 radical (unpaired) electrons. The summed E-state index contributed by atoms with van der Waals surface area (Å²) in [5, 5.41) is 1.64. The summed E-state index contributed by atoms with van der Waals surface area (Å²) < 4.78 is 11.5. The van der Waals surface area contributed by atoms with Gasteiger partial charge in [0.2, 0.25) is 5.88 Å². The third kappa shape index (κ3) is 3.90. The molecule has 0 saturated heterocycles. The van der Waals surface area contributed by atoms with Crippen LogP contribution in [0.1, 0.15) is 12.0 Å². The van der Waals surface area contributed by atoms with Gasteiger partial charge in [-0.15, -0.1) is 0 Å². The first-order chi connectivity index (χ1) is 11.2. The van der Waals surface area contributed by atoms with E-state index < -0.39 is 0 Å². The van der Waals surface area contributed by atoms with Gasteiger partial charge >= 0.3 is 0 Å². The zero-order valence-electron chi connectivity index (χ0n) is 12.8. The summed E-state index contributed by atoms with van der Waals surface area (Å²) in [4.78, 5) is 8.41. The van der Waals surface area contributed by atoms with Crippen LogP contribution in [-0.4, -0.2) is 23.2 Å². The number of rotatable bonds is 6. The van der Waals surface area contributed by atoms with Gasteiger partial charge in [0.15, 0.2) is 0 Å².